The molecule has 126 valence electrons. The molecule has 6 nitrogen and oxygen atoms in total. The van der Waals surface area contributed by atoms with Crippen LogP contribution in [0.5, 0.6) is 11.5 Å². The number of amides is 2. The smallest absolute Gasteiger partial charge is 0.228 e. The van der Waals surface area contributed by atoms with E-state index in [1.165, 1.54) is 0 Å². The maximum Gasteiger partial charge on any atom is 0.228 e. The lowest BCUT2D eigenvalue weighted by Crippen LogP contribution is -2.33. The number of nitrogens with one attached hydrogen (secondary N) is 1. The SMILES string of the molecule is CCN(CC)C(=O)C1CC1C(=O)Nc1ccc(OC)c(OC)c1. The highest BCUT2D eigenvalue weighted by Gasteiger charge is 2.49. The molecule has 2 unspecified atom stereocenters. The molecular formula is C17H24N2O4. The number of carbonyl (C=O) groups is 2. The average Bonchev–Trinajstić information content (AvgIpc) is 3.36. The largest absolute Gasteiger partial charge is 0.493 e. The van der Waals surface area contributed by atoms with Crippen molar-refractivity contribution in [1.29, 1.82) is 0 Å². The van der Waals surface area contributed by atoms with Gasteiger partial charge in [0.25, 0.3) is 0 Å². The molecule has 1 aromatic rings. The summed E-state index contributed by atoms with van der Waals surface area (Å²) in [5.74, 6) is 0.680. The topological polar surface area (TPSA) is 67.9 Å². The van der Waals surface area contributed by atoms with Crippen LogP contribution in [0.4, 0.5) is 5.69 Å². The zero-order chi connectivity index (χ0) is 17.0. The van der Waals surface area contributed by atoms with Crippen LogP contribution in [0.1, 0.15) is 20.3 Å². The Morgan fingerprint density at radius 3 is 2.35 bits per heavy atom. The van der Waals surface area contributed by atoms with Gasteiger partial charge in [-0.2, -0.15) is 0 Å². The van der Waals surface area contributed by atoms with Crippen molar-refractivity contribution in [3.8, 4) is 11.5 Å². The van der Waals surface area contributed by atoms with Gasteiger partial charge in [0.2, 0.25) is 11.8 Å². The van der Waals surface area contributed by atoms with Gasteiger partial charge in [0.05, 0.1) is 26.1 Å². The van der Waals surface area contributed by atoms with E-state index in [0.717, 1.165) is 0 Å². The van der Waals surface area contributed by atoms with E-state index in [4.69, 9.17) is 9.47 Å². The van der Waals surface area contributed by atoms with E-state index >= 15 is 0 Å². The summed E-state index contributed by atoms with van der Waals surface area (Å²) in [4.78, 5) is 26.3. The van der Waals surface area contributed by atoms with Crippen LogP contribution < -0.4 is 14.8 Å². The molecule has 6 heteroatoms. The van der Waals surface area contributed by atoms with Gasteiger partial charge in [0.15, 0.2) is 11.5 Å². The first kappa shape index (κ1) is 17.1. The van der Waals surface area contributed by atoms with Gasteiger partial charge < -0.3 is 19.7 Å². The summed E-state index contributed by atoms with van der Waals surface area (Å²) >= 11 is 0. The molecule has 0 heterocycles. The molecule has 23 heavy (non-hydrogen) atoms. The summed E-state index contributed by atoms with van der Waals surface area (Å²) in [5, 5.41) is 2.84. The van der Waals surface area contributed by atoms with Gasteiger partial charge in [0, 0.05) is 24.8 Å². The van der Waals surface area contributed by atoms with Gasteiger partial charge in [0.1, 0.15) is 0 Å². The third-order valence-electron chi connectivity index (χ3n) is 4.17. The number of hydrogen-bond donors (Lipinski definition) is 1. The monoisotopic (exact) mass is 320 g/mol. The third kappa shape index (κ3) is 3.75. The van der Waals surface area contributed by atoms with Crippen molar-refractivity contribution in [1.82, 2.24) is 4.90 Å². The van der Waals surface area contributed by atoms with Crippen LogP contribution in [0.3, 0.4) is 0 Å². The standard InChI is InChI=1S/C17H24N2O4/c1-5-19(6-2)17(21)13-10-12(13)16(20)18-11-7-8-14(22-3)15(9-11)23-4/h7-9,12-13H,5-6,10H2,1-4H3,(H,18,20). The fourth-order valence-corrected chi connectivity index (χ4v) is 2.68. The fraction of sp³-hybridized carbons (Fsp3) is 0.529. The summed E-state index contributed by atoms with van der Waals surface area (Å²) in [6.07, 6.45) is 0.620. The molecule has 1 aromatic carbocycles. The molecule has 1 N–H and O–H groups in total. The Bertz CT molecular complexity index is 584. The van der Waals surface area contributed by atoms with Gasteiger partial charge in [-0.05, 0) is 32.4 Å². The normalized spacial score (nSPS) is 19.0. The first-order valence-electron chi connectivity index (χ1n) is 7.87. The summed E-state index contributed by atoms with van der Waals surface area (Å²) in [6, 6.07) is 5.20. The van der Waals surface area contributed by atoms with E-state index in [1.807, 2.05) is 13.8 Å². The van der Waals surface area contributed by atoms with E-state index in [0.29, 0.717) is 36.7 Å². The Morgan fingerprint density at radius 1 is 1.13 bits per heavy atom. The highest BCUT2D eigenvalue weighted by molar-refractivity contribution is 5.99. The highest BCUT2D eigenvalue weighted by atomic mass is 16.5. The number of carbonyl (C=O) groups excluding carboxylic acids is 2. The number of methoxy groups -OCH3 is 2. The number of rotatable bonds is 7. The van der Waals surface area contributed by atoms with Crippen LogP contribution in [0.2, 0.25) is 0 Å². The zero-order valence-corrected chi connectivity index (χ0v) is 14.1. The van der Waals surface area contributed by atoms with Gasteiger partial charge in [-0.3, -0.25) is 9.59 Å². The Morgan fingerprint density at radius 2 is 1.78 bits per heavy atom. The van der Waals surface area contributed by atoms with Crippen molar-refractivity contribution < 1.29 is 19.1 Å². The Labute approximate surface area is 136 Å². The molecule has 0 saturated heterocycles. The Balaban J connectivity index is 1.97. The minimum Gasteiger partial charge on any atom is -0.493 e. The molecule has 0 bridgehead atoms. The molecule has 0 radical (unpaired) electrons. The summed E-state index contributed by atoms with van der Waals surface area (Å²) in [6.45, 7) is 5.25. The molecule has 0 spiro atoms. The van der Waals surface area contributed by atoms with Crippen molar-refractivity contribution in [2.75, 3.05) is 32.6 Å². The lowest BCUT2D eigenvalue weighted by Gasteiger charge is -2.18. The summed E-state index contributed by atoms with van der Waals surface area (Å²) in [5.41, 5.74) is 0.633. The van der Waals surface area contributed by atoms with Crippen molar-refractivity contribution in [2.24, 2.45) is 11.8 Å². The molecular weight excluding hydrogens is 296 g/mol. The average molecular weight is 320 g/mol. The molecule has 0 aromatic heterocycles. The molecule has 2 rings (SSSR count). The highest BCUT2D eigenvalue weighted by Crippen LogP contribution is 2.41. The second-order valence-electron chi connectivity index (χ2n) is 5.52. The first-order valence-corrected chi connectivity index (χ1v) is 7.87. The molecule has 1 aliphatic rings. The van der Waals surface area contributed by atoms with E-state index in [9.17, 15) is 9.59 Å². The Hall–Kier alpha value is -2.24. The molecule has 1 aliphatic carbocycles. The van der Waals surface area contributed by atoms with Crippen LogP contribution in [-0.2, 0) is 9.59 Å². The predicted octanol–water partition coefficient (Wildman–Crippen LogP) is 2.15. The zero-order valence-electron chi connectivity index (χ0n) is 14.1. The van der Waals surface area contributed by atoms with Gasteiger partial charge in [-0.15, -0.1) is 0 Å². The Kier molecular flexibility index (Phi) is 5.47. The minimum absolute atomic E-state index is 0.0717. The maximum absolute atomic E-state index is 12.3. The number of ether oxygens (including phenoxy) is 2. The third-order valence-corrected chi connectivity index (χ3v) is 4.17. The number of nitrogens with zero attached hydrogens (tertiary/aromatic N) is 1. The first-order chi connectivity index (χ1) is 11.0. The number of benzene rings is 1. The summed E-state index contributed by atoms with van der Waals surface area (Å²) in [7, 11) is 3.10. The lowest BCUT2D eigenvalue weighted by molar-refractivity contribution is -0.133. The van der Waals surface area contributed by atoms with Crippen molar-refractivity contribution >= 4 is 17.5 Å². The minimum atomic E-state index is -0.240. The van der Waals surface area contributed by atoms with Crippen molar-refractivity contribution in [3.05, 3.63) is 18.2 Å². The molecule has 2 amide bonds. The van der Waals surface area contributed by atoms with Crippen molar-refractivity contribution in [3.63, 3.8) is 0 Å². The van der Waals surface area contributed by atoms with E-state index in [-0.39, 0.29) is 23.7 Å². The van der Waals surface area contributed by atoms with E-state index < -0.39 is 0 Å². The van der Waals surface area contributed by atoms with E-state index in [1.54, 1.807) is 37.3 Å². The fourth-order valence-electron chi connectivity index (χ4n) is 2.68. The maximum atomic E-state index is 12.3. The summed E-state index contributed by atoms with van der Waals surface area (Å²) < 4.78 is 10.4. The second-order valence-corrected chi connectivity index (χ2v) is 5.52. The van der Waals surface area contributed by atoms with Crippen LogP contribution in [0, 0.1) is 11.8 Å². The van der Waals surface area contributed by atoms with Crippen molar-refractivity contribution in [2.45, 2.75) is 20.3 Å². The molecule has 1 saturated carbocycles. The quantitative estimate of drug-likeness (QED) is 0.836. The predicted molar refractivity (Wildman–Crippen MR) is 87.7 cm³/mol. The van der Waals surface area contributed by atoms with Gasteiger partial charge in [-0.25, -0.2) is 0 Å². The van der Waals surface area contributed by atoms with Gasteiger partial charge >= 0.3 is 0 Å². The number of hydrogen-bond acceptors (Lipinski definition) is 4. The van der Waals surface area contributed by atoms with E-state index in [2.05, 4.69) is 5.32 Å². The van der Waals surface area contributed by atoms with Crippen LogP contribution in [0.15, 0.2) is 18.2 Å². The van der Waals surface area contributed by atoms with Crippen LogP contribution >= 0.6 is 0 Å². The molecule has 1 fully saturated rings. The lowest BCUT2D eigenvalue weighted by atomic mass is 10.2. The van der Waals surface area contributed by atoms with Crippen LogP contribution in [-0.4, -0.2) is 44.0 Å². The molecule has 2 atom stereocenters. The number of anilines is 1. The van der Waals surface area contributed by atoms with Crippen LogP contribution in [0.25, 0.3) is 0 Å². The van der Waals surface area contributed by atoms with Gasteiger partial charge in [-0.1, -0.05) is 0 Å². The second kappa shape index (κ2) is 7.35. The molecule has 0 aliphatic heterocycles.